The number of fused-ring (bicyclic) bond motifs is 6. The normalized spacial score (nSPS) is 11.4. The number of para-hydroxylation sites is 3. The van der Waals surface area contributed by atoms with E-state index in [2.05, 4.69) is 264 Å². The molecule has 64 heavy (non-hydrogen) atoms. The van der Waals surface area contributed by atoms with Gasteiger partial charge in [0.05, 0.1) is 16.7 Å². The molecule has 1 heterocycles. The predicted molar refractivity (Wildman–Crippen MR) is 272 cm³/mol. The van der Waals surface area contributed by atoms with Crippen LogP contribution in [0.15, 0.2) is 255 Å². The highest BCUT2D eigenvalue weighted by Gasteiger charge is 2.22. The van der Waals surface area contributed by atoms with Crippen molar-refractivity contribution in [1.29, 1.82) is 0 Å². The van der Waals surface area contributed by atoms with Crippen LogP contribution in [0.5, 0.6) is 0 Å². The highest BCUT2D eigenvalue weighted by molar-refractivity contribution is 6.16. The summed E-state index contributed by atoms with van der Waals surface area (Å²) in [5.41, 5.74) is 16.3. The Kier molecular flexibility index (Phi) is 9.20. The maximum absolute atomic E-state index is 2.46. The molecule has 1 aromatic heterocycles. The van der Waals surface area contributed by atoms with Gasteiger partial charge in [-0.3, -0.25) is 0 Å². The van der Waals surface area contributed by atoms with Gasteiger partial charge in [0.1, 0.15) is 0 Å². The fourth-order valence-electron chi connectivity index (χ4n) is 9.93. The summed E-state index contributed by atoms with van der Waals surface area (Å²) in [6.07, 6.45) is 0. The van der Waals surface area contributed by atoms with Gasteiger partial charge in [0.2, 0.25) is 0 Å². The first kappa shape index (κ1) is 37.3. The number of rotatable bonds is 8. The van der Waals surface area contributed by atoms with Crippen LogP contribution in [-0.4, -0.2) is 4.57 Å². The topological polar surface area (TPSA) is 8.17 Å². The lowest BCUT2D eigenvalue weighted by Crippen LogP contribution is -2.11. The molecule has 0 bridgehead atoms. The van der Waals surface area contributed by atoms with Crippen molar-refractivity contribution in [1.82, 2.24) is 4.57 Å². The number of nitrogens with zero attached hydrogens (tertiary/aromatic N) is 2. The second kappa shape index (κ2) is 15.8. The lowest BCUT2D eigenvalue weighted by molar-refractivity contribution is 1.18. The first-order valence-electron chi connectivity index (χ1n) is 22.0. The molecule has 0 N–H and O–H groups in total. The van der Waals surface area contributed by atoms with Crippen LogP contribution < -0.4 is 4.90 Å². The van der Waals surface area contributed by atoms with Crippen molar-refractivity contribution in [2.24, 2.45) is 0 Å². The van der Waals surface area contributed by atoms with Crippen molar-refractivity contribution in [2.75, 3.05) is 4.90 Å². The van der Waals surface area contributed by atoms with E-state index < -0.39 is 0 Å². The summed E-state index contributed by atoms with van der Waals surface area (Å²) < 4.78 is 2.40. The molecule has 0 fully saturated rings. The third-order valence-corrected chi connectivity index (χ3v) is 12.8. The molecule has 2 nitrogen and oxygen atoms in total. The lowest BCUT2D eigenvalue weighted by atomic mass is 9.88. The zero-order chi connectivity index (χ0) is 42.4. The fourth-order valence-corrected chi connectivity index (χ4v) is 9.93. The van der Waals surface area contributed by atoms with Crippen LogP contribution in [0.1, 0.15) is 0 Å². The van der Waals surface area contributed by atoms with Gasteiger partial charge in [-0.15, -0.1) is 0 Å². The number of hydrogen-bond donors (Lipinski definition) is 0. The Morgan fingerprint density at radius 2 is 0.812 bits per heavy atom. The predicted octanol–water partition coefficient (Wildman–Crippen LogP) is 17.2. The van der Waals surface area contributed by atoms with Crippen LogP contribution in [0.25, 0.3) is 93.5 Å². The van der Waals surface area contributed by atoms with E-state index in [0.29, 0.717) is 0 Å². The summed E-state index contributed by atoms with van der Waals surface area (Å²) >= 11 is 0. The van der Waals surface area contributed by atoms with Gasteiger partial charge < -0.3 is 9.47 Å². The Balaban J connectivity index is 1.08. The molecular weight excluding hydrogens is 773 g/mol. The van der Waals surface area contributed by atoms with E-state index in [-0.39, 0.29) is 0 Å². The van der Waals surface area contributed by atoms with Gasteiger partial charge in [-0.25, -0.2) is 0 Å². The first-order chi connectivity index (χ1) is 31.8. The zero-order valence-corrected chi connectivity index (χ0v) is 35.1. The lowest BCUT2D eigenvalue weighted by Gasteiger charge is -2.29. The van der Waals surface area contributed by atoms with Crippen LogP contribution in [0.4, 0.5) is 17.1 Å². The average Bonchev–Trinajstić information content (AvgIpc) is 3.72. The van der Waals surface area contributed by atoms with E-state index in [0.717, 1.165) is 33.9 Å². The van der Waals surface area contributed by atoms with Gasteiger partial charge in [0, 0.05) is 33.4 Å². The van der Waals surface area contributed by atoms with Crippen molar-refractivity contribution in [3.05, 3.63) is 255 Å². The van der Waals surface area contributed by atoms with Crippen molar-refractivity contribution >= 4 is 60.4 Å². The van der Waals surface area contributed by atoms with Gasteiger partial charge in [-0.1, -0.05) is 200 Å². The van der Waals surface area contributed by atoms with Crippen LogP contribution >= 0.6 is 0 Å². The summed E-state index contributed by atoms with van der Waals surface area (Å²) in [5, 5.41) is 7.43. The van der Waals surface area contributed by atoms with Crippen molar-refractivity contribution in [3.8, 4) is 50.2 Å². The molecule has 12 rings (SSSR count). The molecule has 11 aromatic carbocycles. The minimum atomic E-state index is 1.08. The average molecular weight is 815 g/mol. The molecule has 0 saturated heterocycles. The molecule has 0 spiro atoms. The summed E-state index contributed by atoms with van der Waals surface area (Å²) in [5.74, 6) is 0. The van der Waals surface area contributed by atoms with Gasteiger partial charge in [0.15, 0.2) is 0 Å². The standard InChI is InChI=1S/C62H42N2/c1-3-19-43(20-4-1)51-27-9-10-28-54(51)55-29-11-12-30-56(55)57-31-13-15-34-59(57)63(49-39-40-52-46(42-49)38-37-44-21-7-8-26-50(44)52)48-25-17-22-45(41-48)53-33-18-36-61-62(53)58-32-14-16-35-60(58)64(61)47-23-5-2-6-24-47/h1-42H. The van der Waals surface area contributed by atoms with E-state index in [1.807, 2.05) is 0 Å². The molecule has 300 valence electrons. The molecule has 0 amide bonds. The minimum Gasteiger partial charge on any atom is -0.310 e. The molecule has 0 unspecified atom stereocenters. The summed E-state index contributed by atoms with van der Waals surface area (Å²) in [7, 11) is 0. The number of aromatic nitrogens is 1. The molecular formula is C62H42N2. The van der Waals surface area contributed by atoms with Crippen molar-refractivity contribution in [2.45, 2.75) is 0 Å². The minimum absolute atomic E-state index is 1.08. The first-order valence-corrected chi connectivity index (χ1v) is 22.0. The van der Waals surface area contributed by atoms with E-state index in [1.54, 1.807) is 0 Å². The van der Waals surface area contributed by atoms with Crippen LogP contribution in [0.2, 0.25) is 0 Å². The quantitative estimate of drug-likeness (QED) is 0.139. The second-order valence-corrected chi connectivity index (χ2v) is 16.4. The summed E-state index contributed by atoms with van der Waals surface area (Å²) in [6.45, 7) is 0. The van der Waals surface area contributed by atoms with Crippen molar-refractivity contribution < 1.29 is 0 Å². The molecule has 2 heteroatoms. The number of anilines is 3. The molecule has 0 aliphatic rings. The Labute approximate surface area is 373 Å². The zero-order valence-electron chi connectivity index (χ0n) is 35.1. The SMILES string of the molecule is c1ccc(-c2ccccc2-c2ccccc2-c2ccccc2N(c2cccc(-c3cccc4c3c3ccccc3n4-c3ccccc3)c2)c2ccc3c(ccc4ccccc43)c2)cc1. The third-order valence-electron chi connectivity index (χ3n) is 12.8. The molecule has 12 aromatic rings. The number of hydrogen-bond acceptors (Lipinski definition) is 1. The van der Waals surface area contributed by atoms with E-state index >= 15 is 0 Å². The molecule has 0 radical (unpaired) electrons. The van der Waals surface area contributed by atoms with E-state index in [4.69, 9.17) is 0 Å². The van der Waals surface area contributed by atoms with E-state index in [1.165, 1.54) is 76.7 Å². The summed E-state index contributed by atoms with van der Waals surface area (Å²) in [6, 6.07) is 92.8. The van der Waals surface area contributed by atoms with Gasteiger partial charge >= 0.3 is 0 Å². The van der Waals surface area contributed by atoms with Crippen LogP contribution in [0, 0.1) is 0 Å². The molecule has 0 atom stereocenters. The Morgan fingerprint density at radius 1 is 0.281 bits per heavy atom. The van der Waals surface area contributed by atoms with Gasteiger partial charge in [-0.2, -0.15) is 0 Å². The van der Waals surface area contributed by atoms with Crippen LogP contribution in [-0.2, 0) is 0 Å². The number of benzene rings is 11. The maximum atomic E-state index is 2.46. The largest absolute Gasteiger partial charge is 0.310 e. The third kappa shape index (κ3) is 6.35. The molecule has 0 aliphatic heterocycles. The van der Waals surface area contributed by atoms with Gasteiger partial charge in [0.25, 0.3) is 0 Å². The second-order valence-electron chi connectivity index (χ2n) is 16.4. The van der Waals surface area contributed by atoms with E-state index in [9.17, 15) is 0 Å². The van der Waals surface area contributed by atoms with Gasteiger partial charge in [-0.05, 0) is 115 Å². The van der Waals surface area contributed by atoms with Crippen molar-refractivity contribution in [3.63, 3.8) is 0 Å². The highest BCUT2D eigenvalue weighted by Crippen LogP contribution is 2.47. The van der Waals surface area contributed by atoms with Crippen LogP contribution in [0.3, 0.4) is 0 Å². The Hall–Kier alpha value is -8.46. The monoisotopic (exact) mass is 814 g/mol. The highest BCUT2D eigenvalue weighted by atomic mass is 15.1. The molecule has 0 saturated carbocycles. The smallest absolute Gasteiger partial charge is 0.0547 e. The summed E-state index contributed by atoms with van der Waals surface area (Å²) in [4.78, 5) is 2.46. The Morgan fingerprint density at radius 3 is 1.62 bits per heavy atom. The molecule has 0 aliphatic carbocycles. The maximum Gasteiger partial charge on any atom is 0.0547 e. The Bertz CT molecular complexity index is 3680. The fraction of sp³-hybridized carbons (Fsp3) is 0.